The zero-order valence-corrected chi connectivity index (χ0v) is 12.1. The molecule has 0 aliphatic heterocycles. The maximum absolute atomic E-state index is 6.02. The number of rotatable bonds is 6. The normalized spacial score (nSPS) is 11.1. The molecule has 1 aromatic carbocycles. The molecule has 0 bridgehead atoms. The third-order valence-electron chi connectivity index (χ3n) is 3.59. The van der Waals surface area contributed by atoms with Gasteiger partial charge in [-0.3, -0.25) is 0 Å². The van der Waals surface area contributed by atoms with E-state index in [9.17, 15) is 0 Å². The Morgan fingerprint density at radius 3 is 2.86 bits per heavy atom. The summed E-state index contributed by atoms with van der Waals surface area (Å²) in [5, 5.41) is 0. The van der Waals surface area contributed by atoms with Gasteiger partial charge in [0.05, 0.1) is 24.5 Å². The van der Waals surface area contributed by atoms with Crippen LogP contribution in [0.4, 0.5) is 5.95 Å². The van der Waals surface area contributed by atoms with E-state index in [1.165, 1.54) is 0 Å². The first-order valence-electron chi connectivity index (χ1n) is 7.03. The van der Waals surface area contributed by atoms with Gasteiger partial charge in [-0.15, -0.1) is 0 Å². The summed E-state index contributed by atoms with van der Waals surface area (Å²) in [6, 6.07) is 5.82. The van der Waals surface area contributed by atoms with Crippen molar-refractivity contribution in [3.63, 3.8) is 0 Å². The van der Waals surface area contributed by atoms with E-state index < -0.39 is 0 Å². The molecule has 2 heterocycles. The predicted molar refractivity (Wildman–Crippen MR) is 82.2 cm³/mol. The Hall–Kier alpha value is -2.50. The molecule has 110 valence electrons. The molecule has 6 nitrogen and oxygen atoms in total. The zero-order chi connectivity index (χ0) is 14.7. The summed E-state index contributed by atoms with van der Waals surface area (Å²) in [7, 11) is 1.66. The molecule has 0 unspecified atom stereocenters. The van der Waals surface area contributed by atoms with E-state index in [2.05, 4.69) is 14.5 Å². The summed E-state index contributed by atoms with van der Waals surface area (Å²) in [5.41, 5.74) is 7.95. The van der Waals surface area contributed by atoms with Crippen LogP contribution in [0.1, 0.15) is 12.8 Å². The molecule has 21 heavy (non-hydrogen) atoms. The number of aryl methyl sites for hydroxylation is 2. The first-order valence-corrected chi connectivity index (χ1v) is 7.03. The Labute approximate surface area is 123 Å². The number of hydrogen-bond donors (Lipinski definition) is 1. The number of unbranched alkanes of at least 4 members (excludes halogenated alkanes) is 1. The second-order valence-corrected chi connectivity index (χ2v) is 4.98. The van der Waals surface area contributed by atoms with Crippen molar-refractivity contribution in [2.75, 3.05) is 12.8 Å². The van der Waals surface area contributed by atoms with Crippen LogP contribution in [0.5, 0.6) is 5.75 Å². The van der Waals surface area contributed by atoms with Crippen LogP contribution in [0.3, 0.4) is 0 Å². The lowest BCUT2D eigenvalue weighted by molar-refractivity contribution is 0.415. The van der Waals surface area contributed by atoms with E-state index >= 15 is 0 Å². The van der Waals surface area contributed by atoms with Crippen LogP contribution in [0, 0.1) is 0 Å². The van der Waals surface area contributed by atoms with E-state index in [1.54, 1.807) is 13.3 Å². The average molecular weight is 285 g/mol. The van der Waals surface area contributed by atoms with E-state index in [4.69, 9.17) is 10.5 Å². The molecule has 0 aliphatic carbocycles. The van der Waals surface area contributed by atoms with Crippen LogP contribution in [-0.4, -0.2) is 26.2 Å². The molecule has 0 radical (unpaired) electrons. The van der Waals surface area contributed by atoms with Crippen molar-refractivity contribution in [1.29, 1.82) is 0 Å². The maximum atomic E-state index is 6.02. The Kier molecular flexibility index (Phi) is 3.77. The summed E-state index contributed by atoms with van der Waals surface area (Å²) >= 11 is 0. The van der Waals surface area contributed by atoms with Gasteiger partial charge in [0.2, 0.25) is 5.95 Å². The van der Waals surface area contributed by atoms with Gasteiger partial charge in [0, 0.05) is 31.5 Å². The molecule has 6 heteroatoms. The van der Waals surface area contributed by atoms with Crippen molar-refractivity contribution in [2.24, 2.45) is 0 Å². The van der Waals surface area contributed by atoms with Gasteiger partial charge in [-0.2, -0.15) is 0 Å². The number of nitrogens with zero attached hydrogens (tertiary/aromatic N) is 4. The van der Waals surface area contributed by atoms with E-state index in [-0.39, 0.29) is 0 Å². The first-order chi connectivity index (χ1) is 10.3. The van der Waals surface area contributed by atoms with Gasteiger partial charge in [0.15, 0.2) is 0 Å². The first kappa shape index (κ1) is 13.5. The predicted octanol–water partition coefficient (Wildman–Crippen LogP) is 2.30. The second kappa shape index (κ2) is 5.87. The van der Waals surface area contributed by atoms with Crippen LogP contribution in [0.15, 0.2) is 36.9 Å². The van der Waals surface area contributed by atoms with E-state index in [0.29, 0.717) is 5.95 Å². The Balaban J connectivity index is 1.69. The molecule has 0 saturated carbocycles. The number of fused-ring (bicyclic) bond motifs is 1. The summed E-state index contributed by atoms with van der Waals surface area (Å²) in [6.07, 6.45) is 7.72. The lowest BCUT2D eigenvalue weighted by Gasteiger charge is -2.07. The number of benzene rings is 1. The molecular weight excluding hydrogens is 266 g/mol. The van der Waals surface area contributed by atoms with Crippen molar-refractivity contribution in [1.82, 2.24) is 19.1 Å². The summed E-state index contributed by atoms with van der Waals surface area (Å²) in [5.74, 6) is 1.38. The van der Waals surface area contributed by atoms with Crippen LogP contribution in [0.25, 0.3) is 11.0 Å². The molecule has 0 aliphatic rings. The molecule has 0 atom stereocenters. The number of hydrogen-bond acceptors (Lipinski definition) is 4. The van der Waals surface area contributed by atoms with Crippen molar-refractivity contribution >= 4 is 17.0 Å². The largest absolute Gasteiger partial charge is 0.497 e. The van der Waals surface area contributed by atoms with Crippen molar-refractivity contribution in [2.45, 2.75) is 25.9 Å². The molecule has 0 spiro atoms. The molecule has 2 N–H and O–H groups in total. The number of methoxy groups -OCH3 is 1. The van der Waals surface area contributed by atoms with Gasteiger partial charge in [-0.1, -0.05) is 0 Å². The molecular formula is C15H19N5O. The number of anilines is 1. The molecule has 2 aromatic heterocycles. The van der Waals surface area contributed by atoms with Crippen LogP contribution in [0.2, 0.25) is 0 Å². The minimum absolute atomic E-state index is 0.556. The zero-order valence-electron chi connectivity index (χ0n) is 12.1. The Morgan fingerprint density at radius 1 is 1.24 bits per heavy atom. The lowest BCUT2D eigenvalue weighted by atomic mass is 10.2. The van der Waals surface area contributed by atoms with Gasteiger partial charge in [-0.05, 0) is 25.0 Å². The standard InChI is InChI=1S/C15H19N5O/c1-21-12-4-5-13-14(10-12)20(15(16)18-13)8-3-2-7-19-9-6-17-11-19/h4-6,9-11H,2-3,7-8H2,1H3,(H2,16,18). The fraction of sp³-hybridized carbons (Fsp3) is 0.333. The summed E-state index contributed by atoms with van der Waals surface area (Å²) < 4.78 is 9.40. The number of aromatic nitrogens is 4. The summed E-state index contributed by atoms with van der Waals surface area (Å²) in [4.78, 5) is 8.43. The van der Waals surface area contributed by atoms with Crippen LogP contribution < -0.4 is 10.5 Å². The molecule has 0 fully saturated rings. The number of ether oxygens (including phenoxy) is 1. The smallest absolute Gasteiger partial charge is 0.201 e. The van der Waals surface area contributed by atoms with Gasteiger partial charge >= 0.3 is 0 Å². The minimum atomic E-state index is 0.556. The van der Waals surface area contributed by atoms with Gasteiger partial charge in [-0.25, -0.2) is 9.97 Å². The van der Waals surface area contributed by atoms with Gasteiger partial charge in [0.25, 0.3) is 0 Å². The molecule has 3 rings (SSSR count). The van der Waals surface area contributed by atoms with Gasteiger partial charge < -0.3 is 19.6 Å². The number of nitrogens with two attached hydrogens (primary N) is 1. The van der Waals surface area contributed by atoms with Crippen LogP contribution in [-0.2, 0) is 13.1 Å². The minimum Gasteiger partial charge on any atom is -0.497 e. The van der Waals surface area contributed by atoms with Crippen molar-refractivity contribution in [3.05, 3.63) is 36.9 Å². The highest BCUT2D eigenvalue weighted by Crippen LogP contribution is 2.23. The quantitative estimate of drug-likeness (QED) is 0.705. The maximum Gasteiger partial charge on any atom is 0.201 e. The monoisotopic (exact) mass is 285 g/mol. The van der Waals surface area contributed by atoms with Crippen LogP contribution >= 0.6 is 0 Å². The summed E-state index contributed by atoms with van der Waals surface area (Å²) in [6.45, 7) is 1.82. The fourth-order valence-corrected chi connectivity index (χ4v) is 2.47. The SMILES string of the molecule is COc1ccc2nc(N)n(CCCCn3ccnc3)c2c1. The number of nitrogen functional groups attached to an aromatic ring is 1. The van der Waals surface area contributed by atoms with Crippen molar-refractivity contribution in [3.8, 4) is 5.75 Å². The topological polar surface area (TPSA) is 70.9 Å². The molecule has 0 amide bonds. The highest BCUT2D eigenvalue weighted by atomic mass is 16.5. The third kappa shape index (κ3) is 2.84. The highest BCUT2D eigenvalue weighted by molar-refractivity contribution is 5.79. The molecule has 3 aromatic rings. The Morgan fingerprint density at radius 2 is 2.10 bits per heavy atom. The third-order valence-corrected chi connectivity index (χ3v) is 3.59. The van der Waals surface area contributed by atoms with Gasteiger partial charge in [0.1, 0.15) is 5.75 Å². The van der Waals surface area contributed by atoms with Crippen molar-refractivity contribution < 1.29 is 4.74 Å². The average Bonchev–Trinajstić information content (AvgIpc) is 3.11. The van der Waals surface area contributed by atoms with E-state index in [0.717, 1.165) is 42.7 Å². The highest BCUT2D eigenvalue weighted by Gasteiger charge is 2.08. The second-order valence-electron chi connectivity index (χ2n) is 4.98. The fourth-order valence-electron chi connectivity index (χ4n) is 2.47. The van der Waals surface area contributed by atoms with E-state index in [1.807, 2.05) is 35.3 Å². The lowest BCUT2D eigenvalue weighted by Crippen LogP contribution is -2.05. The number of imidazole rings is 2. The molecule has 0 saturated heterocycles. The Bertz CT molecular complexity index is 717.